The molecule has 0 fully saturated rings. The van der Waals surface area contributed by atoms with E-state index in [9.17, 15) is 4.79 Å². The summed E-state index contributed by atoms with van der Waals surface area (Å²) in [7, 11) is 1.59. The van der Waals surface area contributed by atoms with Gasteiger partial charge in [-0.1, -0.05) is 0 Å². The van der Waals surface area contributed by atoms with E-state index in [0.29, 0.717) is 0 Å². The van der Waals surface area contributed by atoms with Crippen LogP contribution >= 0.6 is 0 Å². The summed E-state index contributed by atoms with van der Waals surface area (Å²) in [5, 5.41) is 25.2. The second-order valence-corrected chi connectivity index (χ2v) is 1.96. The predicted octanol–water partition coefficient (Wildman–Crippen LogP) is -0.530. The van der Waals surface area contributed by atoms with Gasteiger partial charge in [0.15, 0.2) is 0 Å². The van der Waals surface area contributed by atoms with E-state index in [2.05, 4.69) is 5.32 Å². The Balaban J connectivity index is -0.0000000606. The molecule has 0 aliphatic rings. The van der Waals surface area contributed by atoms with Crippen LogP contribution in [0.1, 0.15) is 13.8 Å². The number of aliphatic carboxylic acids is 3. The largest absolute Gasteiger partial charge is 0.481 e. The summed E-state index contributed by atoms with van der Waals surface area (Å²) < 4.78 is 0. The van der Waals surface area contributed by atoms with Crippen molar-refractivity contribution in [2.24, 2.45) is 0 Å². The minimum absolute atomic E-state index is 0. The van der Waals surface area contributed by atoms with Crippen molar-refractivity contribution < 1.29 is 49.2 Å². The topological polar surface area (TPSA) is 124 Å². The molecule has 0 unspecified atom stereocenters. The van der Waals surface area contributed by atoms with Crippen molar-refractivity contribution in [1.29, 1.82) is 0 Å². The van der Waals surface area contributed by atoms with E-state index < -0.39 is 17.9 Å². The van der Waals surface area contributed by atoms with Gasteiger partial charge in [-0.15, -0.1) is 0 Å². The van der Waals surface area contributed by atoms with Crippen LogP contribution in [-0.4, -0.2) is 46.8 Å². The molecule has 0 aliphatic carbocycles. The van der Waals surface area contributed by atoms with Gasteiger partial charge in [0.2, 0.25) is 0 Å². The quantitative estimate of drug-likeness (QED) is 0.499. The second-order valence-electron chi connectivity index (χ2n) is 1.96. The molecule has 0 saturated carbocycles. The zero-order chi connectivity index (χ0) is 12.1. The molecule has 0 rings (SSSR count). The fourth-order valence-corrected chi connectivity index (χ4v) is 0.151. The van der Waals surface area contributed by atoms with Gasteiger partial charge in [0.05, 0.1) is 6.54 Å². The average molecular weight is 275 g/mol. The summed E-state index contributed by atoms with van der Waals surface area (Å²) in [5.41, 5.74) is 0. The van der Waals surface area contributed by atoms with Gasteiger partial charge < -0.3 is 20.6 Å². The number of carbonyl (C=O) groups is 3. The Bertz CT molecular complexity index is 164. The minimum atomic E-state index is -0.833. The number of carboxylic acid groups (broad SMARTS) is 3. The van der Waals surface area contributed by atoms with E-state index in [1.54, 1.807) is 7.05 Å². The van der Waals surface area contributed by atoms with E-state index >= 15 is 0 Å². The maximum atomic E-state index is 9.54. The third kappa shape index (κ3) is 395. The van der Waals surface area contributed by atoms with Crippen LogP contribution in [0.5, 0.6) is 0 Å². The van der Waals surface area contributed by atoms with Gasteiger partial charge in [0.25, 0.3) is 11.9 Å². The Morgan fingerprint density at radius 3 is 1.20 bits per heavy atom. The van der Waals surface area contributed by atoms with Crippen LogP contribution in [0.2, 0.25) is 0 Å². The zero-order valence-corrected chi connectivity index (χ0v) is 11.9. The molecule has 0 aromatic rings. The monoisotopic (exact) mass is 273 g/mol. The third-order valence-electron chi connectivity index (χ3n) is 0.328. The van der Waals surface area contributed by atoms with Gasteiger partial charge in [0, 0.05) is 33.3 Å². The Kier molecular flexibility index (Phi) is 29.5. The standard InChI is InChI=1S/C3H7NO2.2C2H4O2.Zn/c1-4-2-3(5)6;2*1-2(3)4;/h4H,2H2,1H3,(H,5,6);2*1H3,(H,3,4);. The van der Waals surface area contributed by atoms with Crippen molar-refractivity contribution in [3.63, 3.8) is 0 Å². The molecule has 7 nitrogen and oxygen atoms in total. The van der Waals surface area contributed by atoms with Gasteiger partial charge in [-0.2, -0.15) is 0 Å². The first kappa shape index (κ1) is 23.7. The summed E-state index contributed by atoms with van der Waals surface area (Å²) in [6.07, 6.45) is 0. The van der Waals surface area contributed by atoms with Crippen LogP contribution in [0, 0.1) is 0 Å². The fourth-order valence-electron chi connectivity index (χ4n) is 0.151. The van der Waals surface area contributed by atoms with Crippen LogP contribution in [0.25, 0.3) is 0 Å². The zero-order valence-electron chi connectivity index (χ0n) is 8.98. The summed E-state index contributed by atoms with van der Waals surface area (Å²) >= 11 is 0. The van der Waals surface area contributed by atoms with E-state index in [0.717, 1.165) is 13.8 Å². The molecule has 0 saturated heterocycles. The summed E-state index contributed by atoms with van der Waals surface area (Å²) in [6.45, 7) is 2.21. The van der Waals surface area contributed by atoms with Gasteiger partial charge in [-0.3, -0.25) is 14.4 Å². The van der Waals surface area contributed by atoms with Gasteiger partial charge in [0.1, 0.15) is 0 Å². The van der Waals surface area contributed by atoms with Crippen LogP contribution in [-0.2, 0) is 33.9 Å². The Labute approximate surface area is 100 Å². The number of rotatable bonds is 2. The second kappa shape index (κ2) is 18.7. The first-order chi connectivity index (χ1) is 6.23. The van der Waals surface area contributed by atoms with Crippen molar-refractivity contribution in [3.8, 4) is 0 Å². The number of carboxylic acids is 3. The number of likely N-dealkylation sites (N-methyl/N-ethyl adjacent to an activating group) is 1. The first-order valence-corrected chi connectivity index (χ1v) is 3.49. The first-order valence-electron chi connectivity index (χ1n) is 3.49. The molecule has 0 amide bonds. The van der Waals surface area contributed by atoms with Gasteiger partial charge in [-0.25, -0.2) is 0 Å². The molecule has 4 N–H and O–H groups in total. The molecule has 0 spiro atoms. The van der Waals surface area contributed by atoms with E-state index in [4.69, 9.17) is 24.9 Å². The maximum absolute atomic E-state index is 9.54. The SMILES string of the molecule is CC(=O)O.CC(=O)O.CNCC(=O)O.[Zn]. The molecule has 0 aromatic carbocycles. The van der Waals surface area contributed by atoms with Crippen molar-refractivity contribution in [2.75, 3.05) is 13.6 Å². The molecule has 15 heavy (non-hydrogen) atoms. The van der Waals surface area contributed by atoms with E-state index in [1.165, 1.54) is 0 Å². The normalized spacial score (nSPS) is 6.60. The predicted molar refractivity (Wildman–Crippen MR) is 48.2 cm³/mol. The van der Waals surface area contributed by atoms with Crippen molar-refractivity contribution in [3.05, 3.63) is 0 Å². The van der Waals surface area contributed by atoms with Crippen molar-refractivity contribution in [2.45, 2.75) is 13.8 Å². The van der Waals surface area contributed by atoms with E-state index in [-0.39, 0.29) is 26.0 Å². The van der Waals surface area contributed by atoms with Gasteiger partial charge >= 0.3 is 5.97 Å². The molecule has 0 aliphatic heterocycles. The molecule has 86 valence electrons. The average Bonchev–Trinajstić information content (AvgIpc) is 1.82. The molecule has 0 heterocycles. The third-order valence-corrected chi connectivity index (χ3v) is 0.328. The molecule has 0 atom stereocenters. The van der Waals surface area contributed by atoms with Crippen molar-refractivity contribution >= 4 is 17.9 Å². The molecule has 0 radical (unpaired) electrons. The molecule has 0 bridgehead atoms. The van der Waals surface area contributed by atoms with Crippen molar-refractivity contribution in [1.82, 2.24) is 5.32 Å². The minimum Gasteiger partial charge on any atom is -0.481 e. The van der Waals surface area contributed by atoms with Crippen LogP contribution in [0.3, 0.4) is 0 Å². The van der Waals surface area contributed by atoms with E-state index in [1.807, 2.05) is 0 Å². The maximum Gasteiger partial charge on any atom is 0.317 e. The molecular weight excluding hydrogens is 259 g/mol. The molecule has 0 aromatic heterocycles. The number of hydrogen-bond acceptors (Lipinski definition) is 4. The Morgan fingerprint density at radius 1 is 1.00 bits per heavy atom. The van der Waals surface area contributed by atoms with Crippen LogP contribution in [0.4, 0.5) is 0 Å². The Morgan fingerprint density at radius 2 is 1.20 bits per heavy atom. The summed E-state index contributed by atoms with van der Waals surface area (Å²) in [4.78, 5) is 27.5. The molecule has 8 heteroatoms. The summed E-state index contributed by atoms with van der Waals surface area (Å²) in [6, 6.07) is 0. The molecular formula is C7H15NO6Zn. The smallest absolute Gasteiger partial charge is 0.317 e. The van der Waals surface area contributed by atoms with Gasteiger partial charge in [-0.05, 0) is 7.05 Å². The Hall–Kier alpha value is -1.01. The summed E-state index contributed by atoms with van der Waals surface area (Å²) in [5.74, 6) is -2.49. The fraction of sp³-hybridized carbons (Fsp3) is 0.571. The number of hydrogen-bond donors (Lipinski definition) is 4. The number of nitrogens with one attached hydrogen (secondary N) is 1. The van der Waals surface area contributed by atoms with Crippen LogP contribution < -0.4 is 5.32 Å². The van der Waals surface area contributed by atoms with Crippen LogP contribution in [0.15, 0.2) is 0 Å².